The van der Waals surface area contributed by atoms with Gasteiger partial charge < -0.3 is 10.4 Å². The minimum absolute atomic E-state index is 0.0138. The van der Waals surface area contributed by atoms with Crippen LogP contribution in [0.15, 0.2) is 15.9 Å². The van der Waals surface area contributed by atoms with Crippen molar-refractivity contribution in [3.8, 4) is 0 Å². The highest BCUT2D eigenvalue weighted by atomic mass is 79.9. The first-order valence-electron chi connectivity index (χ1n) is 6.26. The van der Waals surface area contributed by atoms with Crippen molar-refractivity contribution in [1.82, 2.24) is 5.32 Å². The molecule has 4 nitrogen and oxygen atoms in total. The van der Waals surface area contributed by atoms with Crippen LogP contribution in [0, 0.1) is 0 Å². The Labute approximate surface area is 125 Å². The standard InChI is InChI=1S/C13H18BrNO3S/c1-2-9(8-13(17)18)15-12(16)5-3-4-10-6-7-11(14)19-10/h6-7,9H,2-5,8H2,1H3,(H,15,16)(H,17,18). The Kier molecular flexibility index (Phi) is 7.09. The van der Waals surface area contributed by atoms with Gasteiger partial charge in [-0.15, -0.1) is 11.3 Å². The average molecular weight is 348 g/mol. The number of thiophene rings is 1. The second-order valence-electron chi connectivity index (χ2n) is 4.33. The highest BCUT2D eigenvalue weighted by Crippen LogP contribution is 2.23. The number of aryl methyl sites for hydroxylation is 1. The Morgan fingerprint density at radius 3 is 2.74 bits per heavy atom. The van der Waals surface area contributed by atoms with E-state index >= 15 is 0 Å². The first-order valence-corrected chi connectivity index (χ1v) is 7.87. The molecule has 2 N–H and O–H groups in total. The highest BCUT2D eigenvalue weighted by molar-refractivity contribution is 9.11. The molecule has 1 aromatic heterocycles. The number of aliphatic carboxylic acids is 1. The topological polar surface area (TPSA) is 66.4 Å². The van der Waals surface area contributed by atoms with Gasteiger partial charge in [0.2, 0.25) is 5.91 Å². The van der Waals surface area contributed by atoms with Crippen molar-refractivity contribution in [2.24, 2.45) is 0 Å². The Morgan fingerprint density at radius 1 is 1.47 bits per heavy atom. The number of nitrogens with one attached hydrogen (secondary N) is 1. The van der Waals surface area contributed by atoms with Crippen molar-refractivity contribution >= 4 is 39.1 Å². The van der Waals surface area contributed by atoms with E-state index in [1.807, 2.05) is 19.1 Å². The zero-order valence-electron chi connectivity index (χ0n) is 10.8. The predicted octanol–water partition coefficient (Wildman–Crippen LogP) is 3.20. The van der Waals surface area contributed by atoms with Gasteiger partial charge >= 0.3 is 5.97 Å². The number of rotatable bonds is 8. The minimum Gasteiger partial charge on any atom is -0.481 e. The zero-order valence-corrected chi connectivity index (χ0v) is 13.2. The van der Waals surface area contributed by atoms with Crippen molar-refractivity contribution in [2.75, 3.05) is 0 Å². The molecule has 0 bridgehead atoms. The quantitative estimate of drug-likeness (QED) is 0.758. The van der Waals surface area contributed by atoms with E-state index in [4.69, 9.17) is 5.11 Å². The fraction of sp³-hybridized carbons (Fsp3) is 0.538. The molecule has 1 atom stereocenters. The molecule has 0 radical (unpaired) electrons. The number of halogens is 1. The van der Waals surface area contributed by atoms with E-state index < -0.39 is 5.97 Å². The Bertz CT molecular complexity index is 433. The predicted molar refractivity (Wildman–Crippen MR) is 79.4 cm³/mol. The first-order chi connectivity index (χ1) is 9.01. The van der Waals surface area contributed by atoms with Crippen LogP contribution >= 0.6 is 27.3 Å². The Balaban J connectivity index is 2.25. The third-order valence-electron chi connectivity index (χ3n) is 2.73. The number of carboxylic acid groups (broad SMARTS) is 1. The van der Waals surface area contributed by atoms with E-state index in [1.165, 1.54) is 4.88 Å². The molecular weight excluding hydrogens is 330 g/mol. The maximum atomic E-state index is 11.7. The number of hydrogen-bond donors (Lipinski definition) is 2. The third kappa shape index (κ3) is 6.73. The Morgan fingerprint density at radius 2 is 2.21 bits per heavy atom. The van der Waals surface area contributed by atoms with E-state index in [9.17, 15) is 9.59 Å². The van der Waals surface area contributed by atoms with Crippen molar-refractivity contribution < 1.29 is 14.7 Å². The van der Waals surface area contributed by atoms with E-state index in [0.29, 0.717) is 12.8 Å². The minimum atomic E-state index is -0.879. The molecule has 1 rings (SSSR count). The van der Waals surface area contributed by atoms with Crippen LogP contribution in [-0.4, -0.2) is 23.0 Å². The number of carboxylic acids is 1. The summed E-state index contributed by atoms with van der Waals surface area (Å²) in [7, 11) is 0. The van der Waals surface area contributed by atoms with Crippen LogP contribution in [0.5, 0.6) is 0 Å². The summed E-state index contributed by atoms with van der Waals surface area (Å²) >= 11 is 5.08. The maximum absolute atomic E-state index is 11.7. The lowest BCUT2D eigenvalue weighted by molar-refractivity contribution is -0.137. The number of amides is 1. The largest absolute Gasteiger partial charge is 0.481 e. The Hall–Kier alpha value is -0.880. The summed E-state index contributed by atoms with van der Waals surface area (Å²) in [6.45, 7) is 1.87. The van der Waals surface area contributed by atoms with Gasteiger partial charge in [-0.3, -0.25) is 9.59 Å². The molecule has 106 valence electrons. The second kappa shape index (κ2) is 8.32. The normalized spacial score (nSPS) is 12.1. The molecule has 6 heteroatoms. The number of carbonyl (C=O) groups excluding carboxylic acids is 1. The summed E-state index contributed by atoms with van der Waals surface area (Å²) in [6.07, 6.45) is 2.71. The summed E-state index contributed by atoms with van der Waals surface area (Å²) in [5, 5.41) is 11.5. The molecule has 0 saturated carbocycles. The van der Waals surface area contributed by atoms with Crippen LogP contribution in [0.4, 0.5) is 0 Å². The lowest BCUT2D eigenvalue weighted by Crippen LogP contribution is -2.35. The lowest BCUT2D eigenvalue weighted by atomic mass is 10.1. The van der Waals surface area contributed by atoms with Crippen LogP contribution in [0.3, 0.4) is 0 Å². The molecule has 0 aliphatic carbocycles. The number of carbonyl (C=O) groups is 2. The second-order valence-corrected chi connectivity index (χ2v) is 6.88. The van der Waals surface area contributed by atoms with Crippen molar-refractivity contribution in [3.05, 3.63) is 20.8 Å². The number of hydrogen-bond acceptors (Lipinski definition) is 3. The highest BCUT2D eigenvalue weighted by Gasteiger charge is 2.13. The SMILES string of the molecule is CCC(CC(=O)O)NC(=O)CCCc1ccc(Br)s1. The van der Waals surface area contributed by atoms with E-state index in [-0.39, 0.29) is 18.4 Å². The molecule has 19 heavy (non-hydrogen) atoms. The molecule has 0 aliphatic heterocycles. The third-order valence-corrected chi connectivity index (χ3v) is 4.42. The molecule has 0 saturated heterocycles. The van der Waals surface area contributed by atoms with Gasteiger partial charge in [0.25, 0.3) is 0 Å². The van der Waals surface area contributed by atoms with E-state index in [2.05, 4.69) is 21.2 Å². The molecule has 1 unspecified atom stereocenters. The summed E-state index contributed by atoms with van der Waals surface area (Å²) < 4.78 is 1.10. The van der Waals surface area contributed by atoms with Crippen LogP contribution < -0.4 is 5.32 Å². The molecular formula is C13H18BrNO3S. The van der Waals surface area contributed by atoms with Crippen LogP contribution in [0.2, 0.25) is 0 Å². The summed E-state index contributed by atoms with van der Waals surface area (Å²) in [5.74, 6) is -0.945. The lowest BCUT2D eigenvalue weighted by Gasteiger charge is -2.14. The van der Waals surface area contributed by atoms with Gasteiger partial charge in [-0.2, -0.15) is 0 Å². The molecule has 1 aromatic rings. The summed E-state index contributed by atoms with van der Waals surface area (Å²) in [6, 6.07) is 3.78. The molecule has 0 aromatic carbocycles. The molecule has 0 spiro atoms. The summed E-state index contributed by atoms with van der Waals surface area (Å²) in [4.78, 5) is 23.5. The van der Waals surface area contributed by atoms with Gasteiger partial charge in [-0.25, -0.2) is 0 Å². The summed E-state index contributed by atoms with van der Waals surface area (Å²) in [5.41, 5.74) is 0. The van der Waals surface area contributed by atoms with E-state index in [0.717, 1.165) is 16.6 Å². The van der Waals surface area contributed by atoms with Gasteiger partial charge in [-0.05, 0) is 47.3 Å². The average Bonchev–Trinajstić information content (AvgIpc) is 2.73. The van der Waals surface area contributed by atoms with Gasteiger partial charge in [0, 0.05) is 17.3 Å². The monoisotopic (exact) mass is 347 g/mol. The molecule has 1 heterocycles. The van der Waals surface area contributed by atoms with Gasteiger partial charge in [0.05, 0.1) is 10.2 Å². The van der Waals surface area contributed by atoms with Crippen LogP contribution in [0.25, 0.3) is 0 Å². The van der Waals surface area contributed by atoms with Gasteiger partial charge in [0.1, 0.15) is 0 Å². The van der Waals surface area contributed by atoms with E-state index in [1.54, 1.807) is 11.3 Å². The van der Waals surface area contributed by atoms with Gasteiger partial charge in [0.15, 0.2) is 0 Å². The van der Waals surface area contributed by atoms with Crippen molar-refractivity contribution in [2.45, 2.75) is 45.1 Å². The molecule has 1 amide bonds. The van der Waals surface area contributed by atoms with Crippen LogP contribution in [-0.2, 0) is 16.0 Å². The van der Waals surface area contributed by atoms with Gasteiger partial charge in [-0.1, -0.05) is 6.92 Å². The fourth-order valence-electron chi connectivity index (χ4n) is 1.72. The maximum Gasteiger partial charge on any atom is 0.305 e. The molecule has 0 fully saturated rings. The van der Waals surface area contributed by atoms with Crippen molar-refractivity contribution in [1.29, 1.82) is 0 Å². The van der Waals surface area contributed by atoms with Crippen LogP contribution in [0.1, 0.15) is 37.5 Å². The zero-order chi connectivity index (χ0) is 14.3. The fourth-order valence-corrected chi connectivity index (χ4v) is 3.24. The first kappa shape index (κ1) is 16.2. The smallest absolute Gasteiger partial charge is 0.305 e. The van der Waals surface area contributed by atoms with Crippen molar-refractivity contribution in [3.63, 3.8) is 0 Å². The molecule has 0 aliphatic rings.